The molecule has 3 amide bonds. The van der Waals surface area contributed by atoms with Crippen molar-refractivity contribution in [2.45, 2.75) is 77.3 Å². The highest BCUT2D eigenvalue weighted by atomic mass is 32.2. The summed E-state index contributed by atoms with van der Waals surface area (Å²) in [6.07, 6.45) is -0.606. The molecule has 1 heterocycles. The van der Waals surface area contributed by atoms with E-state index in [4.69, 9.17) is 0 Å². The van der Waals surface area contributed by atoms with Gasteiger partial charge >= 0.3 is 0 Å². The molecule has 4 N–H and O–H groups in total. The van der Waals surface area contributed by atoms with E-state index in [9.17, 15) is 24.6 Å². The van der Waals surface area contributed by atoms with Crippen molar-refractivity contribution in [3.8, 4) is 5.75 Å². The van der Waals surface area contributed by atoms with Gasteiger partial charge in [-0.05, 0) is 56.7 Å². The van der Waals surface area contributed by atoms with Crippen LogP contribution in [0.2, 0.25) is 0 Å². The van der Waals surface area contributed by atoms with Crippen LogP contribution >= 0.6 is 11.8 Å². The van der Waals surface area contributed by atoms with Crippen LogP contribution in [-0.4, -0.2) is 68.2 Å². The van der Waals surface area contributed by atoms with Crippen molar-refractivity contribution in [3.63, 3.8) is 0 Å². The maximum atomic E-state index is 13.7. The smallest absolute Gasteiger partial charge is 0.254 e. The number of aliphatic hydroxyl groups is 1. The molecule has 9 heteroatoms. The average molecular weight is 556 g/mol. The SMILES string of the molecule is Cc1c(O)cccc1C(=O)NC(Cc1ccccc1)C(O)C(=O)N1CSC(C)(C)C1C(=O)NCCC(C)(C)C. The zero-order chi connectivity index (χ0) is 29.0. The Morgan fingerprint density at radius 3 is 2.41 bits per heavy atom. The second-order valence-corrected chi connectivity index (χ2v) is 13.5. The number of rotatable bonds is 9. The molecule has 1 aliphatic heterocycles. The molecule has 1 saturated heterocycles. The summed E-state index contributed by atoms with van der Waals surface area (Å²) in [6, 6.07) is 12.2. The molecule has 0 spiro atoms. The second kappa shape index (κ2) is 12.4. The van der Waals surface area contributed by atoms with Crippen molar-refractivity contribution in [1.82, 2.24) is 15.5 Å². The molecule has 0 bridgehead atoms. The molecule has 3 atom stereocenters. The first kappa shape index (κ1) is 30.5. The van der Waals surface area contributed by atoms with Gasteiger partial charge in [-0.15, -0.1) is 11.8 Å². The summed E-state index contributed by atoms with van der Waals surface area (Å²) in [4.78, 5) is 41.7. The number of phenols is 1. The standard InChI is InChI=1S/C30H41N3O5S/c1-19-21(13-10-14-23(19)34)26(36)32-22(17-20-11-8-7-9-12-20)24(35)28(38)33-18-39-30(5,6)25(33)27(37)31-16-15-29(2,3)4/h7-14,22,24-25,34-35H,15-18H2,1-6H3,(H,31,37)(H,32,36). The van der Waals surface area contributed by atoms with Crippen LogP contribution in [0.1, 0.15) is 62.5 Å². The summed E-state index contributed by atoms with van der Waals surface area (Å²) in [7, 11) is 0. The summed E-state index contributed by atoms with van der Waals surface area (Å²) in [5, 5.41) is 27.2. The molecule has 8 nitrogen and oxygen atoms in total. The number of carbonyl (C=O) groups excluding carboxylic acids is 3. The maximum Gasteiger partial charge on any atom is 0.254 e. The number of hydrogen-bond donors (Lipinski definition) is 4. The van der Waals surface area contributed by atoms with Crippen molar-refractivity contribution >= 4 is 29.5 Å². The Balaban J connectivity index is 1.84. The van der Waals surface area contributed by atoms with E-state index in [0.29, 0.717) is 12.1 Å². The molecule has 0 saturated carbocycles. The quantitative estimate of drug-likeness (QED) is 0.375. The van der Waals surface area contributed by atoms with Gasteiger partial charge in [0.15, 0.2) is 6.10 Å². The third-order valence-electron chi connectivity index (χ3n) is 7.05. The molecule has 39 heavy (non-hydrogen) atoms. The fraction of sp³-hybridized carbons (Fsp3) is 0.500. The van der Waals surface area contributed by atoms with Gasteiger partial charge < -0.3 is 25.7 Å². The van der Waals surface area contributed by atoms with Crippen LogP contribution < -0.4 is 10.6 Å². The van der Waals surface area contributed by atoms with E-state index in [1.54, 1.807) is 19.1 Å². The van der Waals surface area contributed by atoms with Crippen molar-refractivity contribution in [2.75, 3.05) is 12.4 Å². The molecule has 0 radical (unpaired) electrons. The lowest BCUT2D eigenvalue weighted by Gasteiger charge is -2.33. The fourth-order valence-corrected chi connectivity index (χ4v) is 5.78. The third kappa shape index (κ3) is 7.76. The predicted molar refractivity (Wildman–Crippen MR) is 155 cm³/mol. The van der Waals surface area contributed by atoms with E-state index in [1.807, 2.05) is 44.2 Å². The largest absolute Gasteiger partial charge is 0.508 e. The number of aliphatic hydroxyl groups excluding tert-OH is 1. The van der Waals surface area contributed by atoms with Crippen molar-refractivity contribution in [2.24, 2.45) is 5.41 Å². The van der Waals surface area contributed by atoms with Gasteiger partial charge in [0, 0.05) is 22.4 Å². The van der Waals surface area contributed by atoms with E-state index in [2.05, 4.69) is 31.4 Å². The van der Waals surface area contributed by atoms with Gasteiger partial charge in [-0.2, -0.15) is 0 Å². The number of thioether (sulfide) groups is 1. The monoisotopic (exact) mass is 555 g/mol. The van der Waals surface area contributed by atoms with Crippen LogP contribution in [0.15, 0.2) is 48.5 Å². The highest BCUT2D eigenvalue weighted by molar-refractivity contribution is 8.00. The Morgan fingerprint density at radius 1 is 1.10 bits per heavy atom. The van der Waals surface area contributed by atoms with Gasteiger partial charge in [-0.3, -0.25) is 14.4 Å². The molecule has 2 aromatic carbocycles. The van der Waals surface area contributed by atoms with Crippen molar-refractivity contribution in [1.29, 1.82) is 0 Å². The number of hydrogen-bond acceptors (Lipinski definition) is 6. The molecule has 1 aliphatic rings. The number of nitrogens with one attached hydrogen (secondary N) is 2. The summed E-state index contributed by atoms with van der Waals surface area (Å²) in [5.74, 6) is -1.15. The molecule has 0 aliphatic carbocycles. The Labute approximate surface area is 235 Å². The number of amides is 3. The zero-order valence-corrected chi connectivity index (χ0v) is 24.5. The lowest BCUT2D eigenvalue weighted by atomic mass is 9.92. The lowest BCUT2D eigenvalue weighted by Crippen LogP contribution is -2.58. The molecule has 3 unspecified atom stereocenters. The fourth-order valence-electron chi connectivity index (χ4n) is 4.64. The first-order valence-corrected chi connectivity index (χ1v) is 14.2. The Kier molecular flexibility index (Phi) is 9.72. The summed E-state index contributed by atoms with van der Waals surface area (Å²) in [5.41, 5.74) is 1.53. The molecule has 0 aromatic heterocycles. The number of phenolic OH excluding ortho intramolecular Hbond substituents is 1. The van der Waals surface area contributed by atoms with Gasteiger partial charge in [0.2, 0.25) is 5.91 Å². The first-order chi connectivity index (χ1) is 18.2. The van der Waals surface area contributed by atoms with E-state index in [1.165, 1.54) is 22.7 Å². The molecular formula is C30H41N3O5S. The number of carbonyl (C=O) groups is 3. The van der Waals surface area contributed by atoms with Crippen LogP contribution in [-0.2, 0) is 16.0 Å². The molecular weight excluding hydrogens is 514 g/mol. The molecule has 1 fully saturated rings. The number of nitrogens with zero attached hydrogens (tertiary/aromatic N) is 1. The summed E-state index contributed by atoms with van der Waals surface area (Å²) in [6.45, 7) is 12.2. The number of benzene rings is 2. The highest BCUT2D eigenvalue weighted by Gasteiger charge is 2.49. The topological polar surface area (TPSA) is 119 Å². The van der Waals surface area contributed by atoms with Gasteiger partial charge in [0.1, 0.15) is 11.8 Å². The van der Waals surface area contributed by atoms with Crippen LogP contribution in [0.5, 0.6) is 5.75 Å². The minimum absolute atomic E-state index is 0.0180. The third-order valence-corrected chi connectivity index (χ3v) is 8.42. The van der Waals surface area contributed by atoms with E-state index in [0.717, 1.165) is 12.0 Å². The summed E-state index contributed by atoms with van der Waals surface area (Å²) >= 11 is 1.48. The van der Waals surface area contributed by atoms with Gasteiger partial charge in [-0.1, -0.05) is 57.2 Å². The van der Waals surface area contributed by atoms with Crippen LogP contribution in [0, 0.1) is 12.3 Å². The van der Waals surface area contributed by atoms with E-state index in [-0.39, 0.29) is 34.9 Å². The second-order valence-electron chi connectivity index (χ2n) is 11.9. The Morgan fingerprint density at radius 2 is 1.77 bits per heavy atom. The average Bonchev–Trinajstić information content (AvgIpc) is 3.19. The van der Waals surface area contributed by atoms with E-state index < -0.39 is 34.7 Å². The first-order valence-electron chi connectivity index (χ1n) is 13.2. The van der Waals surface area contributed by atoms with Crippen molar-refractivity contribution < 1.29 is 24.6 Å². The minimum atomic E-state index is -1.59. The lowest BCUT2D eigenvalue weighted by molar-refractivity contribution is -0.147. The molecule has 2 aromatic rings. The van der Waals surface area contributed by atoms with Crippen LogP contribution in [0.3, 0.4) is 0 Å². The summed E-state index contributed by atoms with van der Waals surface area (Å²) < 4.78 is -0.557. The minimum Gasteiger partial charge on any atom is -0.508 e. The van der Waals surface area contributed by atoms with Gasteiger partial charge in [-0.25, -0.2) is 0 Å². The van der Waals surface area contributed by atoms with Gasteiger partial charge in [0.25, 0.3) is 11.8 Å². The Bertz CT molecular complexity index is 1180. The van der Waals surface area contributed by atoms with Crippen LogP contribution in [0.4, 0.5) is 0 Å². The molecule has 212 valence electrons. The highest BCUT2D eigenvalue weighted by Crippen LogP contribution is 2.40. The zero-order valence-electron chi connectivity index (χ0n) is 23.7. The molecule has 3 rings (SSSR count). The van der Waals surface area contributed by atoms with Crippen LogP contribution in [0.25, 0.3) is 0 Å². The van der Waals surface area contributed by atoms with Crippen molar-refractivity contribution in [3.05, 3.63) is 65.2 Å². The normalized spacial score (nSPS) is 18.3. The number of aromatic hydroxyl groups is 1. The maximum absolute atomic E-state index is 13.7. The Hall–Kier alpha value is -3.04. The van der Waals surface area contributed by atoms with Gasteiger partial charge in [0.05, 0.1) is 11.9 Å². The van der Waals surface area contributed by atoms with E-state index >= 15 is 0 Å². The predicted octanol–water partition coefficient (Wildman–Crippen LogP) is 3.64.